The van der Waals surface area contributed by atoms with Crippen LogP contribution in [0, 0.1) is 11.3 Å². The molecule has 1 amide bonds. The molecule has 1 fully saturated rings. The van der Waals surface area contributed by atoms with Gasteiger partial charge in [0.05, 0.1) is 30.8 Å². The first-order valence-corrected chi connectivity index (χ1v) is 8.80. The second kappa shape index (κ2) is 8.61. The fraction of sp³-hybridized carbons (Fsp3) is 0.333. The van der Waals surface area contributed by atoms with E-state index in [-0.39, 0.29) is 12.0 Å². The summed E-state index contributed by atoms with van der Waals surface area (Å²) in [5.41, 5.74) is 2.54. The Hall–Kier alpha value is -2.68. The third-order valence-electron chi connectivity index (χ3n) is 4.61. The van der Waals surface area contributed by atoms with Crippen molar-refractivity contribution in [2.45, 2.75) is 19.1 Å². The van der Waals surface area contributed by atoms with Crippen LogP contribution in [0.1, 0.15) is 17.5 Å². The number of nitrogens with zero attached hydrogens (tertiary/aromatic N) is 3. The van der Waals surface area contributed by atoms with Crippen LogP contribution in [0.4, 0.5) is 5.69 Å². The van der Waals surface area contributed by atoms with Gasteiger partial charge in [0.15, 0.2) is 0 Å². The van der Waals surface area contributed by atoms with Crippen molar-refractivity contribution in [2.75, 3.05) is 31.6 Å². The summed E-state index contributed by atoms with van der Waals surface area (Å²) in [5.74, 6) is -0.00773. The van der Waals surface area contributed by atoms with Crippen molar-refractivity contribution in [1.29, 1.82) is 5.26 Å². The van der Waals surface area contributed by atoms with Gasteiger partial charge in [-0.05, 0) is 23.8 Å². The third kappa shape index (κ3) is 4.69. The standard InChI is InChI=1S/C21H23N3O2/c1-23(19-9-5-8-18(12-19)14-22)21(25)13-20-16-24(10-11-26-20)15-17-6-3-2-4-7-17/h2-9,12,20H,10-11,13,15-16H2,1H3. The average Bonchev–Trinajstić information content (AvgIpc) is 2.68. The van der Waals surface area contributed by atoms with Crippen molar-refractivity contribution in [3.63, 3.8) is 0 Å². The van der Waals surface area contributed by atoms with E-state index in [4.69, 9.17) is 10.00 Å². The van der Waals surface area contributed by atoms with Gasteiger partial charge in [0.1, 0.15) is 0 Å². The van der Waals surface area contributed by atoms with Crippen LogP contribution in [-0.2, 0) is 16.1 Å². The van der Waals surface area contributed by atoms with Crippen LogP contribution in [0.3, 0.4) is 0 Å². The molecule has 0 spiro atoms. The zero-order valence-electron chi connectivity index (χ0n) is 15.0. The highest BCUT2D eigenvalue weighted by Crippen LogP contribution is 2.18. The number of morpholine rings is 1. The van der Waals surface area contributed by atoms with Crippen LogP contribution >= 0.6 is 0 Å². The third-order valence-corrected chi connectivity index (χ3v) is 4.61. The summed E-state index contributed by atoms with van der Waals surface area (Å²) in [5, 5.41) is 9.01. The lowest BCUT2D eigenvalue weighted by atomic mass is 10.1. The van der Waals surface area contributed by atoms with Gasteiger partial charge in [0.2, 0.25) is 5.91 Å². The molecule has 0 radical (unpaired) electrons. The molecule has 1 atom stereocenters. The molecule has 1 aliphatic heterocycles. The Morgan fingerprint density at radius 1 is 1.27 bits per heavy atom. The topological polar surface area (TPSA) is 56.6 Å². The van der Waals surface area contributed by atoms with E-state index in [2.05, 4.69) is 23.1 Å². The maximum atomic E-state index is 12.6. The van der Waals surface area contributed by atoms with E-state index in [1.54, 1.807) is 30.1 Å². The number of carbonyl (C=O) groups is 1. The predicted octanol–water partition coefficient (Wildman–Crippen LogP) is 2.81. The Kier molecular flexibility index (Phi) is 6.00. The van der Waals surface area contributed by atoms with Gasteiger partial charge in [0, 0.05) is 32.4 Å². The van der Waals surface area contributed by atoms with Gasteiger partial charge >= 0.3 is 0 Å². The molecule has 5 heteroatoms. The molecule has 134 valence electrons. The highest BCUT2D eigenvalue weighted by atomic mass is 16.5. The highest BCUT2D eigenvalue weighted by molar-refractivity contribution is 5.93. The van der Waals surface area contributed by atoms with Crippen LogP contribution < -0.4 is 4.90 Å². The van der Waals surface area contributed by atoms with Gasteiger partial charge in [-0.1, -0.05) is 36.4 Å². The van der Waals surface area contributed by atoms with Crippen molar-refractivity contribution >= 4 is 11.6 Å². The summed E-state index contributed by atoms with van der Waals surface area (Å²) >= 11 is 0. The molecule has 0 aromatic heterocycles. The van der Waals surface area contributed by atoms with Gasteiger partial charge in [-0.2, -0.15) is 5.26 Å². The van der Waals surface area contributed by atoms with E-state index < -0.39 is 0 Å². The summed E-state index contributed by atoms with van der Waals surface area (Å²) in [6.45, 7) is 3.12. The van der Waals surface area contributed by atoms with Crippen LogP contribution in [0.25, 0.3) is 0 Å². The Labute approximate surface area is 154 Å². The highest BCUT2D eigenvalue weighted by Gasteiger charge is 2.24. The number of amides is 1. The first kappa shape index (κ1) is 18.1. The molecule has 1 aliphatic rings. The molecular formula is C21H23N3O2. The fourth-order valence-electron chi connectivity index (χ4n) is 3.15. The summed E-state index contributed by atoms with van der Waals surface area (Å²) in [7, 11) is 1.74. The zero-order valence-corrected chi connectivity index (χ0v) is 15.0. The number of benzene rings is 2. The lowest BCUT2D eigenvalue weighted by Crippen LogP contribution is -2.44. The molecule has 1 unspecified atom stereocenters. The van der Waals surface area contributed by atoms with E-state index in [1.165, 1.54) is 5.56 Å². The number of nitriles is 1. The van der Waals surface area contributed by atoms with Crippen LogP contribution in [-0.4, -0.2) is 43.7 Å². The number of anilines is 1. The molecule has 3 rings (SSSR count). The van der Waals surface area contributed by atoms with E-state index in [0.29, 0.717) is 18.6 Å². The minimum absolute atomic E-state index is 0.00773. The lowest BCUT2D eigenvalue weighted by Gasteiger charge is -2.33. The monoisotopic (exact) mass is 349 g/mol. The maximum absolute atomic E-state index is 12.6. The Bertz CT molecular complexity index is 785. The number of hydrogen-bond donors (Lipinski definition) is 0. The molecule has 1 heterocycles. The smallest absolute Gasteiger partial charge is 0.229 e. The van der Waals surface area contributed by atoms with Crippen molar-refractivity contribution in [1.82, 2.24) is 4.90 Å². The molecular weight excluding hydrogens is 326 g/mol. The molecule has 0 aliphatic carbocycles. The van der Waals surface area contributed by atoms with Crippen molar-refractivity contribution in [2.24, 2.45) is 0 Å². The second-order valence-corrected chi connectivity index (χ2v) is 6.53. The van der Waals surface area contributed by atoms with E-state index >= 15 is 0 Å². The van der Waals surface area contributed by atoms with Crippen molar-refractivity contribution < 1.29 is 9.53 Å². The lowest BCUT2D eigenvalue weighted by molar-refractivity contribution is -0.123. The zero-order chi connectivity index (χ0) is 18.4. The molecule has 26 heavy (non-hydrogen) atoms. The maximum Gasteiger partial charge on any atom is 0.229 e. The second-order valence-electron chi connectivity index (χ2n) is 6.53. The minimum Gasteiger partial charge on any atom is -0.375 e. The van der Waals surface area contributed by atoms with Gasteiger partial charge in [-0.25, -0.2) is 0 Å². The largest absolute Gasteiger partial charge is 0.375 e. The number of rotatable bonds is 5. The summed E-state index contributed by atoms with van der Waals surface area (Å²) in [6, 6.07) is 19.5. The van der Waals surface area contributed by atoms with E-state index in [9.17, 15) is 4.79 Å². The van der Waals surface area contributed by atoms with Crippen molar-refractivity contribution in [3.8, 4) is 6.07 Å². The van der Waals surface area contributed by atoms with Gasteiger partial charge in [0.25, 0.3) is 0 Å². The first-order chi connectivity index (χ1) is 12.7. The van der Waals surface area contributed by atoms with Gasteiger partial charge in [-0.15, -0.1) is 0 Å². The van der Waals surface area contributed by atoms with E-state index in [0.717, 1.165) is 25.3 Å². The minimum atomic E-state index is -0.110. The molecule has 5 nitrogen and oxygen atoms in total. The number of hydrogen-bond acceptors (Lipinski definition) is 4. The summed E-state index contributed by atoms with van der Waals surface area (Å²) in [6.07, 6.45) is 0.222. The number of ether oxygens (including phenoxy) is 1. The average molecular weight is 349 g/mol. The molecule has 0 N–H and O–H groups in total. The van der Waals surface area contributed by atoms with Crippen LogP contribution in [0.5, 0.6) is 0 Å². The molecule has 2 aromatic carbocycles. The summed E-state index contributed by atoms with van der Waals surface area (Å²) in [4.78, 5) is 16.5. The SMILES string of the molecule is CN(C(=O)CC1CN(Cc2ccccc2)CCO1)c1cccc(C#N)c1. The van der Waals surface area contributed by atoms with Crippen LogP contribution in [0.15, 0.2) is 54.6 Å². The summed E-state index contributed by atoms with van der Waals surface area (Å²) < 4.78 is 5.81. The number of carbonyl (C=O) groups excluding carboxylic acids is 1. The Balaban J connectivity index is 1.57. The fourth-order valence-corrected chi connectivity index (χ4v) is 3.15. The van der Waals surface area contributed by atoms with E-state index in [1.807, 2.05) is 24.3 Å². The predicted molar refractivity (Wildman–Crippen MR) is 101 cm³/mol. The quantitative estimate of drug-likeness (QED) is 0.833. The molecule has 1 saturated heterocycles. The molecule has 0 saturated carbocycles. The Morgan fingerprint density at radius 3 is 2.85 bits per heavy atom. The first-order valence-electron chi connectivity index (χ1n) is 8.80. The van der Waals surface area contributed by atoms with Gasteiger partial charge in [-0.3, -0.25) is 9.69 Å². The molecule has 2 aromatic rings. The van der Waals surface area contributed by atoms with Gasteiger partial charge < -0.3 is 9.64 Å². The molecule has 0 bridgehead atoms. The normalized spacial score (nSPS) is 17.5. The van der Waals surface area contributed by atoms with Crippen LogP contribution in [0.2, 0.25) is 0 Å². The van der Waals surface area contributed by atoms with Crippen molar-refractivity contribution in [3.05, 3.63) is 65.7 Å². The Morgan fingerprint density at radius 2 is 2.08 bits per heavy atom.